The average molecular weight is 244 g/mol. The molecule has 2 aromatic carbocycles. The second-order valence-electron chi connectivity index (χ2n) is 3.75. The fraction of sp³-hybridized carbons (Fsp3) is 0.0714. The number of aldehydes is 1. The molecule has 0 fully saturated rings. The lowest BCUT2D eigenvalue weighted by Gasteiger charge is -2.13. The largest absolute Gasteiger partial charge is 0.508 e. The second-order valence-corrected chi connectivity index (χ2v) is 3.75. The summed E-state index contributed by atoms with van der Waals surface area (Å²) in [5.74, 6) is 0.586. The van der Waals surface area contributed by atoms with E-state index in [1.807, 2.05) is 0 Å². The molecule has 4 heteroatoms. The number of ether oxygens (including phenoxy) is 1. The Kier molecular flexibility index (Phi) is 3.60. The molecule has 0 saturated heterocycles. The Morgan fingerprint density at radius 3 is 2.17 bits per heavy atom. The van der Waals surface area contributed by atoms with E-state index in [4.69, 9.17) is 9.84 Å². The van der Waals surface area contributed by atoms with Crippen LogP contribution in [0.1, 0.15) is 22.2 Å². The van der Waals surface area contributed by atoms with Crippen LogP contribution in [-0.2, 0) is 0 Å². The van der Waals surface area contributed by atoms with Gasteiger partial charge in [0, 0.05) is 11.1 Å². The molecule has 0 aliphatic heterocycles. The lowest BCUT2D eigenvalue weighted by Crippen LogP contribution is -2.06. The van der Waals surface area contributed by atoms with Gasteiger partial charge in [-0.15, -0.1) is 0 Å². The molecule has 0 bridgehead atoms. The molecule has 2 rings (SSSR count). The van der Waals surface area contributed by atoms with Crippen molar-refractivity contribution in [2.75, 3.05) is 0 Å². The first-order valence-corrected chi connectivity index (χ1v) is 5.38. The predicted octanol–water partition coefficient (Wildman–Crippen LogP) is 2.27. The van der Waals surface area contributed by atoms with E-state index in [2.05, 4.69) is 0 Å². The first-order valence-electron chi connectivity index (χ1n) is 5.38. The summed E-state index contributed by atoms with van der Waals surface area (Å²) in [6.45, 7) is 0. The predicted molar refractivity (Wildman–Crippen MR) is 65.5 cm³/mol. The lowest BCUT2D eigenvalue weighted by molar-refractivity contribution is -0.0194. The molecule has 0 saturated carbocycles. The van der Waals surface area contributed by atoms with E-state index in [1.165, 1.54) is 12.1 Å². The number of rotatable bonds is 4. The molecule has 0 aromatic heterocycles. The number of phenols is 1. The van der Waals surface area contributed by atoms with Gasteiger partial charge in [0.25, 0.3) is 0 Å². The Morgan fingerprint density at radius 2 is 1.61 bits per heavy atom. The third kappa shape index (κ3) is 2.87. The van der Waals surface area contributed by atoms with E-state index < -0.39 is 6.29 Å². The maximum absolute atomic E-state index is 10.5. The molecule has 2 N–H and O–H groups in total. The van der Waals surface area contributed by atoms with Gasteiger partial charge < -0.3 is 14.9 Å². The zero-order valence-electron chi connectivity index (χ0n) is 9.48. The summed E-state index contributed by atoms with van der Waals surface area (Å²) < 4.78 is 5.30. The number of carbonyl (C=O) groups excluding carboxylic acids is 1. The Morgan fingerprint density at radius 1 is 1.00 bits per heavy atom. The van der Waals surface area contributed by atoms with Crippen LogP contribution in [0.15, 0.2) is 48.5 Å². The molecule has 0 spiro atoms. The van der Waals surface area contributed by atoms with Crippen LogP contribution in [0.4, 0.5) is 0 Å². The van der Waals surface area contributed by atoms with Crippen LogP contribution >= 0.6 is 0 Å². The molecule has 4 nitrogen and oxygen atoms in total. The van der Waals surface area contributed by atoms with Crippen molar-refractivity contribution < 1.29 is 19.7 Å². The molecular weight excluding hydrogens is 232 g/mol. The SMILES string of the molecule is O=Cc1ccc(OC(O)c2ccc(O)cc2)cc1. The normalized spacial score (nSPS) is 11.8. The van der Waals surface area contributed by atoms with E-state index >= 15 is 0 Å². The quantitative estimate of drug-likeness (QED) is 0.639. The van der Waals surface area contributed by atoms with Crippen LogP contribution in [-0.4, -0.2) is 16.5 Å². The number of hydrogen-bond acceptors (Lipinski definition) is 4. The zero-order valence-corrected chi connectivity index (χ0v) is 9.48. The van der Waals surface area contributed by atoms with Crippen molar-refractivity contribution in [1.82, 2.24) is 0 Å². The van der Waals surface area contributed by atoms with Gasteiger partial charge in [-0.1, -0.05) is 0 Å². The van der Waals surface area contributed by atoms with Crippen molar-refractivity contribution in [1.29, 1.82) is 0 Å². The number of aromatic hydroxyl groups is 1. The molecule has 92 valence electrons. The highest BCUT2D eigenvalue weighted by Crippen LogP contribution is 2.21. The smallest absolute Gasteiger partial charge is 0.224 e. The monoisotopic (exact) mass is 244 g/mol. The number of benzene rings is 2. The second kappa shape index (κ2) is 5.33. The topological polar surface area (TPSA) is 66.8 Å². The number of carbonyl (C=O) groups is 1. The van der Waals surface area contributed by atoms with Gasteiger partial charge in [0.05, 0.1) is 0 Å². The number of aliphatic hydroxyl groups is 1. The number of phenolic OH excluding ortho intramolecular Hbond substituents is 1. The maximum Gasteiger partial charge on any atom is 0.224 e. The Bertz CT molecular complexity index is 516. The van der Waals surface area contributed by atoms with Crippen LogP contribution < -0.4 is 4.74 Å². The minimum Gasteiger partial charge on any atom is -0.508 e. The average Bonchev–Trinajstić information content (AvgIpc) is 2.40. The van der Waals surface area contributed by atoms with Gasteiger partial charge in [0.15, 0.2) is 0 Å². The van der Waals surface area contributed by atoms with Crippen LogP contribution in [0.25, 0.3) is 0 Å². The zero-order chi connectivity index (χ0) is 13.0. The summed E-state index contributed by atoms with van der Waals surface area (Å²) in [6.07, 6.45) is -0.382. The summed E-state index contributed by atoms with van der Waals surface area (Å²) in [5, 5.41) is 18.9. The lowest BCUT2D eigenvalue weighted by atomic mass is 10.2. The molecule has 2 aromatic rings. The van der Waals surface area contributed by atoms with Crippen molar-refractivity contribution in [3.8, 4) is 11.5 Å². The molecule has 18 heavy (non-hydrogen) atoms. The highest BCUT2D eigenvalue weighted by Gasteiger charge is 2.08. The third-order valence-electron chi connectivity index (χ3n) is 2.44. The summed E-state index contributed by atoms with van der Waals surface area (Å²) in [5.41, 5.74) is 1.08. The Labute approximate surface area is 104 Å². The fourth-order valence-corrected chi connectivity index (χ4v) is 1.46. The van der Waals surface area contributed by atoms with Gasteiger partial charge in [-0.3, -0.25) is 4.79 Å². The van der Waals surface area contributed by atoms with Gasteiger partial charge in [-0.2, -0.15) is 0 Å². The first-order chi connectivity index (χ1) is 8.69. The van der Waals surface area contributed by atoms with Crippen molar-refractivity contribution in [2.45, 2.75) is 6.29 Å². The van der Waals surface area contributed by atoms with Gasteiger partial charge in [-0.05, 0) is 48.5 Å². The van der Waals surface area contributed by atoms with Crippen LogP contribution in [0.5, 0.6) is 11.5 Å². The van der Waals surface area contributed by atoms with Crippen LogP contribution in [0.2, 0.25) is 0 Å². The van der Waals surface area contributed by atoms with E-state index in [9.17, 15) is 9.90 Å². The highest BCUT2D eigenvalue weighted by molar-refractivity contribution is 5.74. The van der Waals surface area contributed by atoms with Gasteiger partial charge >= 0.3 is 0 Å². The molecule has 0 aliphatic rings. The minimum atomic E-state index is -1.12. The molecule has 0 amide bonds. The fourth-order valence-electron chi connectivity index (χ4n) is 1.46. The van der Waals surface area contributed by atoms with Gasteiger partial charge in [0.2, 0.25) is 6.29 Å². The van der Waals surface area contributed by atoms with Crippen molar-refractivity contribution in [3.05, 3.63) is 59.7 Å². The molecule has 1 unspecified atom stereocenters. The number of hydrogen-bond donors (Lipinski definition) is 2. The molecule has 0 radical (unpaired) electrons. The molecule has 0 heterocycles. The highest BCUT2D eigenvalue weighted by atomic mass is 16.6. The van der Waals surface area contributed by atoms with Crippen molar-refractivity contribution >= 4 is 6.29 Å². The first kappa shape index (κ1) is 12.1. The van der Waals surface area contributed by atoms with Crippen molar-refractivity contribution in [2.24, 2.45) is 0 Å². The summed E-state index contributed by atoms with van der Waals surface area (Å²) in [6, 6.07) is 12.5. The van der Waals surface area contributed by atoms with Crippen LogP contribution in [0, 0.1) is 0 Å². The van der Waals surface area contributed by atoms with E-state index in [0.29, 0.717) is 16.9 Å². The van der Waals surface area contributed by atoms with E-state index in [0.717, 1.165) is 6.29 Å². The van der Waals surface area contributed by atoms with E-state index in [-0.39, 0.29) is 5.75 Å². The van der Waals surface area contributed by atoms with E-state index in [1.54, 1.807) is 36.4 Å². The van der Waals surface area contributed by atoms with Crippen LogP contribution in [0.3, 0.4) is 0 Å². The Balaban J connectivity index is 2.08. The standard InChI is InChI=1S/C14H12O4/c15-9-10-1-7-13(8-2-10)18-14(17)11-3-5-12(16)6-4-11/h1-9,14,16-17H. The molecular formula is C14H12O4. The Hall–Kier alpha value is -2.33. The minimum absolute atomic E-state index is 0.126. The number of aliphatic hydroxyl groups excluding tert-OH is 1. The summed E-state index contributed by atoms with van der Waals surface area (Å²) in [4.78, 5) is 10.5. The molecule has 1 atom stereocenters. The summed E-state index contributed by atoms with van der Waals surface area (Å²) in [7, 11) is 0. The van der Waals surface area contributed by atoms with Gasteiger partial charge in [-0.25, -0.2) is 0 Å². The summed E-state index contributed by atoms with van der Waals surface area (Å²) >= 11 is 0. The van der Waals surface area contributed by atoms with Gasteiger partial charge in [0.1, 0.15) is 17.8 Å². The van der Waals surface area contributed by atoms with Crippen molar-refractivity contribution in [3.63, 3.8) is 0 Å². The third-order valence-corrected chi connectivity index (χ3v) is 2.44. The maximum atomic E-state index is 10.5. The molecule has 0 aliphatic carbocycles.